The normalized spacial score (nSPS) is 18.1. The summed E-state index contributed by atoms with van der Waals surface area (Å²) in [7, 11) is -1.36. The van der Waals surface area contributed by atoms with Crippen molar-refractivity contribution in [1.29, 1.82) is 0 Å². The van der Waals surface area contributed by atoms with Crippen LogP contribution in [0.3, 0.4) is 0 Å². The first-order valence-electron chi connectivity index (χ1n) is 14.5. The molecule has 1 aliphatic carbocycles. The fraction of sp³-hybridized carbons (Fsp3) is 0.516. The van der Waals surface area contributed by atoms with E-state index in [1.165, 1.54) is 30.5 Å². The lowest BCUT2D eigenvalue weighted by Gasteiger charge is -2.29. The fourth-order valence-electron chi connectivity index (χ4n) is 6.47. The molecule has 0 bridgehead atoms. The van der Waals surface area contributed by atoms with Crippen molar-refractivity contribution in [3.05, 3.63) is 53.6 Å². The molecule has 2 aliphatic rings. The van der Waals surface area contributed by atoms with E-state index in [9.17, 15) is 18.3 Å². The monoisotopic (exact) mass is 567 g/mol. The van der Waals surface area contributed by atoms with Gasteiger partial charge < -0.3 is 19.3 Å². The van der Waals surface area contributed by atoms with Gasteiger partial charge in [-0.3, -0.25) is 0 Å². The Kier molecular flexibility index (Phi) is 8.83. The van der Waals surface area contributed by atoms with Gasteiger partial charge in [0.15, 0.2) is 0 Å². The first kappa shape index (κ1) is 28.6. The minimum atomic E-state index is -3.42. The number of aromatic carboxylic acids is 1. The standard InChI is InChI=1S/C31H41N3O5S/c1-33(16-7-8-18-40(32,37)38)17-15-22-20-34-27-19-24(31(35)36)13-14-25(27)29(23-9-3-2-4-10-23)30(34)26-11-5-6-12-28(26)39-21-22/h5-6,11-14,19,22-23H,2-4,7-10,15-18,20-21H2,1H3,(H,35,36)(H2,32,37,38)/t22-/m1/s1. The molecule has 1 aliphatic heterocycles. The Bertz CT molecular complexity index is 1460. The van der Waals surface area contributed by atoms with E-state index in [-0.39, 0.29) is 11.7 Å². The molecule has 0 radical (unpaired) electrons. The number of rotatable bonds is 10. The van der Waals surface area contributed by atoms with E-state index in [0.717, 1.165) is 67.5 Å². The molecule has 1 saturated carbocycles. The van der Waals surface area contributed by atoms with E-state index in [4.69, 9.17) is 9.88 Å². The zero-order chi connectivity index (χ0) is 28.3. The summed E-state index contributed by atoms with van der Waals surface area (Å²) >= 11 is 0. The van der Waals surface area contributed by atoms with Crippen LogP contribution in [0.2, 0.25) is 0 Å². The quantitative estimate of drug-likeness (QED) is 0.315. The van der Waals surface area contributed by atoms with Crippen molar-refractivity contribution >= 4 is 26.9 Å². The highest BCUT2D eigenvalue weighted by molar-refractivity contribution is 7.89. The van der Waals surface area contributed by atoms with Gasteiger partial charge >= 0.3 is 5.97 Å². The Morgan fingerprint density at radius 1 is 1.10 bits per heavy atom. The van der Waals surface area contributed by atoms with Crippen LogP contribution in [0.25, 0.3) is 22.2 Å². The summed E-state index contributed by atoms with van der Waals surface area (Å²) in [6.07, 6.45) is 8.24. The number of carboxylic acid groups (broad SMARTS) is 1. The second-order valence-electron chi connectivity index (χ2n) is 11.6. The van der Waals surface area contributed by atoms with Crippen LogP contribution in [0.15, 0.2) is 42.5 Å². The van der Waals surface area contributed by atoms with Crippen LogP contribution < -0.4 is 9.88 Å². The number of nitrogens with two attached hydrogens (primary N) is 1. The number of fused-ring (bicyclic) bond motifs is 5. The van der Waals surface area contributed by atoms with Gasteiger partial charge in [0.25, 0.3) is 0 Å². The van der Waals surface area contributed by atoms with Gasteiger partial charge in [-0.05, 0) is 88.0 Å². The molecule has 8 nitrogen and oxygen atoms in total. The Morgan fingerprint density at radius 2 is 1.88 bits per heavy atom. The summed E-state index contributed by atoms with van der Waals surface area (Å²) in [6.45, 7) is 2.98. The summed E-state index contributed by atoms with van der Waals surface area (Å²) in [5, 5.41) is 16.1. The molecule has 1 fully saturated rings. The zero-order valence-electron chi connectivity index (χ0n) is 23.3. The number of hydrogen-bond acceptors (Lipinski definition) is 5. The smallest absolute Gasteiger partial charge is 0.335 e. The molecule has 2 aromatic carbocycles. The van der Waals surface area contributed by atoms with Crippen molar-refractivity contribution in [3.8, 4) is 17.0 Å². The van der Waals surface area contributed by atoms with Crippen molar-refractivity contribution in [2.45, 2.75) is 63.8 Å². The van der Waals surface area contributed by atoms with E-state index in [1.54, 1.807) is 6.07 Å². The Hall–Kier alpha value is -2.88. The second-order valence-corrected chi connectivity index (χ2v) is 13.3. The van der Waals surface area contributed by atoms with E-state index in [0.29, 0.717) is 24.5 Å². The van der Waals surface area contributed by atoms with Gasteiger partial charge in [0.2, 0.25) is 10.0 Å². The zero-order valence-corrected chi connectivity index (χ0v) is 24.2. The highest BCUT2D eigenvalue weighted by Crippen LogP contribution is 2.47. The van der Waals surface area contributed by atoms with Crippen molar-refractivity contribution in [2.24, 2.45) is 11.1 Å². The van der Waals surface area contributed by atoms with E-state index in [1.807, 2.05) is 24.3 Å². The van der Waals surface area contributed by atoms with Crippen LogP contribution in [-0.4, -0.2) is 61.5 Å². The molecule has 0 unspecified atom stereocenters. The number of ether oxygens (including phenoxy) is 1. The summed E-state index contributed by atoms with van der Waals surface area (Å²) < 4.78 is 31.3. The average Bonchev–Trinajstić information content (AvgIpc) is 3.24. The molecule has 3 N–H and O–H groups in total. The molecule has 2 heterocycles. The molecule has 1 atom stereocenters. The number of nitrogens with zero attached hydrogens (tertiary/aromatic N) is 2. The van der Waals surface area contributed by atoms with Crippen LogP contribution in [0.1, 0.15) is 73.2 Å². The Balaban J connectivity index is 1.48. The van der Waals surface area contributed by atoms with Crippen LogP contribution in [0.5, 0.6) is 5.75 Å². The fourth-order valence-corrected chi connectivity index (χ4v) is 7.08. The predicted molar refractivity (Wildman–Crippen MR) is 158 cm³/mol. The van der Waals surface area contributed by atoms with Gasteiger partial charge in [-0.25, -0.2) is 18.4 Å². The van der Waals surface area contributed by atoms with Crippen molar-refractivity contribution in [3.63, 3.8) is 0 Å². The second kappa shape index (κ2) is 12.3. The molecule has 9 heteroatoms. The summed E-state index contributed by atoms with van der Waals surface area (Å²) in [5.41, 5.74) is 4.91. The van der Waals surface area contributed by atoms with Crippen molar-refractivity contribution < 1.29 is 23.1 Å². The molecule has 5 rings (SSSR count). The Labute approximate surface area is 237 Å². The van der Waals surface area contributed by atoms with Crippen LogP contribution in [0, 0.1) is 5.92 Å². The molecule has 3 aromatic rings. The molecule has 0 amide bonds. The predicted octanol–water partition coefficient (Wildman–Crippen LogP) is 5.45. The lowest BCUT2D eigenvalue weighted by atomic mass is 9.81. The number of sulfonamides is 1. The molecular weight excluding hydrogens is 526 g/mol. The molecule has 40 heavy (non-hydrogen) atoms. The third-order valence-electron chi connectivity index (χ3n) is 8.56. The maximum Gasteiger partial charge on any atom is 0.335 e. The van der Waals surface area contributed by atoms with Gasteiger partial charge in [0.05, 0.1) is 23.6 Å². The summed E-state index contributed by atoms with van der Waals surface area (Å²) in [6, 6.07) is 13.9. The van der Waals surface area contributed by atoms with Gasteiger partial charge in [-0.1, -0.05) is 37.5 Å². The number of aromatic nitrogens is 1. The lowest BCUT2D eigenvalue weighted by molar-refractivity contribution is 0.0697. The number of primary sulfonamides is 1. The van der Waals surface area contributed by atoms with E-state index >= 15 is 0 Å². The van der Waals surface area contributed by atoms with Crippen molar-refractivity contribution in [2.75, 3.05) is 32.5 Å². The third-order valence-corrected chi connectivity index (χ3v) is 9.42. The molecule has 0 spiro atoms. The van der Waals surface area contributed by atoms with Gasteiger partial charge in [-0.2, -0.15) is 0 Å². The van der Waals surface area contributed by atoms with Gasteiger partial charge in [0, 0.05) is 28.9 Å². The molecular formula is C31H41N3O5S. The number of carbonyl (C=O) groups is 1. The van der Waals surface area contributed by atoms with Crippen molar-refractivity contribution in [1.82, 2.24) is 9.47 Å². The first-order chi connectivity index (χ1) is 19.2. The highest BCUT2D eigenvalue weighted by Gasteiger charge is 2.30. The number of carboxylic acids is 1. The van der Waals surface area contributed by atoms with Gasteiger partial charge in [0.1, 0.15) is 5.75 Å². The largest absolute Gasteiger partial charge is 0.493 e. The Morgan fingerprint density at radius 3 is 2.62 bits per heavy atom. The minimum absolute atomic E-state index is 0.0157. The van der Waals surface area contributed by atoms with E-state index in [2.05, 4.69) is 28.6 Å². The highest BCUT2D eigenvalue weighted by atomic mass is 32.2. The number of benzene rings is 2. The van der Waals surface area contributed by atoms with Crippen LogP contribution in [0.4, 0.5) is 0 Å². The van der Waals surface area contributed by atoms with E-state index < -0.39 is 16.0 Å². The lowest BCUT2D eigenvalue weighted by Crippen LogP contribution is -2.28. The maximum atomic E-state index is 12.0. The van der Waals surface area contributed by atoms with Crippen LogP contribution >= 0.6 is 0 Å². The SMILES string of the molecule is CN(CCCCS(N)(=O)=O)CC[C@H]1COc2ccccc2-c2c(C3CCCCC3)c3ccc(C(=O)O)cc3n2C1. The molecule has 216 valence electrons. The summed E-state index contributed by atoms with van der Waals surface area (Å²) in [5.74, 6) is 0.650. The summed E-state index contributed by atoms with van der Waals surface area (Å²) in [4.78, 5) is 14.2. The molecule has 1 aromatic heterocycles. The minimum Gasteiger partial charge on any atom is -0.493 e. The average molecular weight is 568 g/mol. The molecule has 0 saturated heterocycles. The topological polar surface area (TPSA) is 115 Å². The number of unbranched alkanes of at least 4 members (excludes halogenated alkanes) is 1. The number of hydrogen-bond donors (Lipinski definition) is 2. The number of para-hydroxylation sites is 1. The third kappa shape index (κ3) is 6.53. The van der Waals surface area contributed by atoms with Gasteiger partial charge in [-0.15, -0.1) is 0 Å². The maximum absolute atomic E-state index is 12.0. The first-order valence-corrected chi connectivity index (χ1v) is 16.2. The van der Waals surface area contributed by atoms with Crippen LogP contribution in [-0.2, 0) is 16.6 Å².